The predicted molar refractivity (Wildman–Crippen MR) is 113 cm³/mol. The molecule has 0 unspecified atom stereocenters. The lowest BCUT2D eigenvalue weighted by atomic mass is 10.1. The van der Waals surface area contributed by atoms with Crippen molar-refractivity contribution in [1.29, 1.82) is 0 Å². The van der Waals surface area contributed by atoms with Crippen LogP contribution in [0.5, 0.6) is 11.5 Å². The highest BCUT2D eigenvalue weighted by Gasteiger charge is 2.17. The first-order valence-electron chi connectivity index (χ1n) is 9.18. The van der Waals surface area contributed by atoms with E-state index in [1.165, 1.54) is 7.11 Å². The number of nitrogens with zero attached hydrogens (tertiary/aromatic N) is 2. The molecule has 0 aliphatic heterocycles. The third kappa shape index (κ3) is 3.52. The van der Waals surface area contributed by atoms with Crippen LogP contribution in [-0.4, -0.2) is 29.5 Å². The van der Waals surface area contributed by atoms with Crippen LogP contribution in [0.15, 0.2) is 67.0 Å². The standard InChI is InChI=1S/C23H21N3O3/c1-15-7-6-12-26-14-19(25-22(15)26)16-8-4-9-17(13-16)24-23(27)18-10-5-11-20(28-2)21(18)29-3/h4-14H,1-3H3,(H,24,27). The number of carbonyl (C=O) groups excluding carboxylic acids is 1. The van der Waals surface area contributed by atoms with Gasteiger partial charge in [0.05, 0.1) is 25.5 Å². The summed E-state index contributed by atoms with van der Waals surface area (Å²) in [6, 6.07) is 16.8. The number of amides is 1. The Balaban J connectivity index is 1.64. The molecular formula is C23H21N3O3. The maximum absolute atomic E-state index is 12.8. The molecule has 0 aliphatic rings. The average molecular weight is 387 g/mol. The number of methoxy groups -OCH3 is 2. The number of nitrogens with one attached hydrogen (secondary N) is 1. The van der Waals surface area contributed by atoms with Crippen LogP contribution in [-0.2, 0) is 0 Å². The van der Waals surface area contributed by atoms with Crippen molar-refractivity contribution in [2.24, 2.45) is 0 Å². The smallest absolute Gasteiger partial charge is 0.259 e. The van der Waals surface area contributed by atoms with Gasteiger partial charge in [-0.05, 0) is 42.8 Å². The molecule has 146 valence electrons. The maximum atomic E-state index is 12.8. The number of hydrogen-bond donors (Lipinski definition) is 1. The number of benzene rings is 2. The van der Waals surface area contributed by atoms with E-state index >= 15 is 0 Å². The van der Waals surface area contributed by atoms with Crippen molar-refractivity contribution in [3.8, 4) is 22.8 Å². The summed E-state index contributed by atoms with van der Waals surface area (Å²) in [5.74, 6) is 0.636. The zero-order valence-electron chi connectivity index (χ0n) is 16.5. The molecule has 2 heterocycles. The number of fused-ring (bicyclic) bond motifs is 1. The molecule has 4 rings (SSSR count). The number of ether oxygens (including phenoxy) is 2. The number of pyridine rings is 1. The van der Waals surface area contributed by atoms with Crippen molar-refractivity contribution in [3.63, 3.8) is 0 Å². The molecule has 0 bridgehead atoms. The lowest BCUT2D eigenvalue weighted by Crippen LogP contribution is -2.13. The monoisotopic (exact) mass is 387 g/mol. The highest BCUT2D eigenvalue weighted by molar-refractivity contribution is 6.07. The van der Waals surface area contributed by atoms with Crippen LogP contribution in [0, 0.1) is 6.92 Å². The largest absolute Gasteiger partial charge is 0.493 e. The minimum atomic E-state index is -0.274. The summed E-state index contributed by atoms with van der Waals surface area (Å²) in [5.41, 5.74) is 4.86. The Labute approximate surface area is 168 Å². The third-order valence-electron chi connectivity index (χ3n) is 4.74. The third-order valence-corrected chi connectivity index (χ3v) is 4.74. The Bertz CT molecular complexity index is 1200. The first-order valence-corrected chi connectivity index (χ1v) is 9.18. The summed E-state index contributed by atoms with van der Waals surface area (Å²) >= 11 is 0. The first kappa shape index (κ1) is 18.6. The van der Waals surface area contributed by atoms with Gasteiger partial charge in [-0.25, -0.2) is 4.98 Å². The summed E-state index contributed by atoms with van der Waals surface area (Å²) in [7, 11) is 3.06. The molecule has 29 heavy (non-hydrogen) atoms. The molecule has 2 aromatic heterocycles. The average Bonchev–Trinajstić information content (AvgIpc) is 3.19. The second kappa shape index (κ2) is 7.67. The predicted octanol–water partition coefficient (Wildman–Crippen LogP) is 4.58. The summed E-state index contributed by atoms with van der Waals surface area (Å²) < 4.78 is 12.6. The molecule has 0 saturated heterocycles. The second-order valence-corrected chi connectivity index (χ2v) is 6.62. The molecule has 0 fully saturated rings. The van der Waals surface area contributed by atoms with Crippen LogP contribution >= 0.6 is 0 Å². The lowest BCUT2D eigenvalue weighted by molar-refractivity contribution is 0.102. The highest BCUT2D eigenvalue weighted by atomic mass is 16.5. The molecular weight excluding hydrogens is 366 g/mol. The van der Waals surface area contributed by atoms with Crippen LogP contribution in [0.1, 0.15) is 15.9 Å². The highest BCUT2D eigenvalue weighted by Crippen LogP contribution is 2.31. The van der Waals surface area contributed by atoms with Crippen molar-refractivity contribution in [3.05, 3.63) is 78.1 Å². The van der Waals surface area contributed by atoms with Gasteiger partial charge < -0.3 is 19.2 Å². The van der Waals surface area contributed by atoms with Gasteiger partial charge in [0.2, 0.25) is 0 Å². The van der Waals surface area contributed by atoms with Gasteiger partial charge in [0.25, 0.3) is 5.91 Å². The second-order valence-electron chi connectivity index (χ2n) is 6.62. The van der Waals surface area contributed by atoms with Crippen LogP contribution in [0.2, 0.25) is 0 Å². The van der Waals surface area contributed by atoms with Crippen LogP contribution in [0.25, 0.3) is 16.9 Å². The van der Waals surface area contributed by atoms with Gasteiger partial charge in [-0.3, -0.25) is 4.79 Å². The Kier molecular flexibility index (Phi) is 4.91. The molecule has 1 amide bonds. The molecule has 0 spiro atoms. The zero-order valence-corrected chi connectivity index (χ0v) is 16.5. The number of aromatic nitrogens is 2. The van der Waals surface area contributed by atoms with E-state index in [9.17, 15) is 4.79 Å². The molecule has 0 saturated carbocycles. The fourth-order valence-electron chi connectivity index (χ4n) is 3.31. The van der Waals surface area contributed by atoms with E-state index in [0.29, 0.717) is 22.7 Å². The molecule has 1 N–H and O–H groups in total. The van der Waals surface area contributed by atoms with E-state index in [-0.39, 0.29) is 5.91 Å². The van der Waals surface area contributed by atoms with Crippen molar-refractivity contribution in [1.82, 2.24) is 9.38 Å². The Morgan fingerprint density at radius 1 is 1.03 bits per heavy atom. The fourth-order valence-corrected chi connectivity index (χ4v) is 3.31. The number of rotatable bonds is 5. The quantitative estimate of drug-likeness (QED) is 0.544. The van der Waals surface area contributed by atoms with E-state index in [4.69, 9.17) is 14.5 Å². The summed E-state index contributed by atoms with van der Waals surface area (Å²) in [4.78, 5) is 17.6. The molecule has 2 aromatic carbocycles. The minimum absolute atomic E-state index is 0.274. The van der Waals surface area contributed by atoms with Crippen LogP contribution < -0.4 is 14.8 Å². The number of carbonyl (C=O) groups is 1. The number of imidazole rings is 1. The Hall–Kier alpha value is -3.80. The van der Waals surface area contributed by atoms with Crippen molar-refractivity contribution < 1.29 is 14.3 Å². The molecule has 4 aromatic rings. The summed E-state index contributed by atoms with van der Waals surface area (Å²) in [5, 5.41) is 2.93. The molecule has 6 nitrogen and oxygen atoms in total. The van der Waals surface area contributed by atoms with Gasteiger partial charge in [-0.15, -0.1) is 0 Å². The van der Waals surface area contributed by atoms with Crippen molar-refractivity contribution in [2.45, 2.75) is 6.92 Å². The lowest BCUT2D eigenvalue weighted by Gasteiger charge is -2.13. The normalized spacial score (nSPS) is 10.7. The molecule has 0 atom stereocenters. The number of aryl methyl sites for hydroxylation is 1. The number of anilines is 1. The van der Waals surface area contributed by atoms with Gasteiger partial charge in [-0.2, -0.15) is 0 Å². The van der Waals surface area contributed by atoms with E-state index in [0.717, 1.165) is 22.5 Å². The van der Waals surface area contributed by atoms with Gasteiger partial charge in [0, 0.05) is 23.6 Å². The maximum Gasteiger partial charge on any atom is 0.259 e. The molecule has 6 heteroatoms. The van der Waals surface area contributed by atoms with Gasteiger partial charge in [0.15, 0.2) is 11.5 Å². The van der Waals surface area contributed by atoms with Gasteiger partial charge >= 0.3 is 0 Å². The Morgan fingerprint density at radius 2 is 1.86 bits per heavy atom. The van der Waals surface area contributed by atoms with Crippen LogP contribution in [0.3, 0.4) is 0 Å². The SMILES string of the molecule is COc1cccc(C(=O)Nc2cccc(-c3cn4cccc(C)c4n3)c2)c1OC. The summed E-state index contributed by atoms with van der Waals surface area (Å²) in [6.45, 7) is 2.03. The molecule has 0 radical (unpaired) electrons. The van der Waals surface area contributed by atoms with Gasteiger partial charge in [-0.1, -0.05) is 24.3 Å². The fraction of sp³-hybridized carbons (Fsp3) is 0.130. The van der Waals surface area contributed by atoms with E-state index in [1.807, 2.05) is 60.1 Å². The van der Waals surface area contributed by atoms with Gasteiger partial charge in [0.1, 0.15) is 5.65 Å². The topological polar surface area (TPSA) is 64.9 Å². The zero-order chi connectivity index (χ0) is 20.4. The number of hydrogen-bond acceptors (Lipinski definition) is 4. The summed E-state index contributed by atoms with van der Waals surface area (Å²) in [6.07, 6.45) is 3.95. The van der Waals surface area contributed by atoms with E-state index < -0.39 is 0 Å². The Morgan fingerprint density at radius 3 is 2.62 bits per heavy atom. The van der Waals surface area contributed by atoms with E-state index in [1.54, 1.807) is 25.3 Å². The van der Waals surface area contributed by atoms with Crippen molar-refractivity contribution >= 4 is 17.2 Å². The van der Waals surface area contributed by atoms with Crippen molar-refractivity contribution in [2.75, 3.05) is 19.5 Å². The van der Waals surface area contributed by atoms with Crippen LogP contribution in [0.4, 0.5) is 5.69 Å². The number of para-hydroxylation sites is 1. The first-order chi connectivity index (χ1) is 14.1. The molecule has 0 aliphatic carbocycles. The minimum Gasteiger partial charge on any atom is -0.493 e. The van der Waals surface area contributed by atoms with E-state index in [2.05, 4.69) is 5.32 Å².